The molecule has 0 saturated carbocycles. The molecule has 0 atom stereocenters. The number of nitrogens with one attached hydrogen (secondary N) is 1. The summed E-state index contributed by atoms with van der Waals surface area (Å²) in [6, 6.07) is 13.4. The number of carbonyl (C=O) groups excluding carboxylic acids is 2. The van der Waals surface area contributed by atoms with Crippen molar-refractivity contribution in [1.82, 2.24) is 5.32 Å². The van der Waals surface area contributed by atoms with Crippen LogP contribution in [0, 0.1) is 17.5 Å². The van der Waals surface area contributed by atoms with Crippen molar-refractivity contribution < 1.29 is 37.0 Å². The number of rotatable bonds is 17. The largest absolute Gasteiger partial charge is 0.440 e. The number of fused-ring (bicyclic) bond motifs is 1. The van der Waals surface area contributed by atoms with Gasteiger partial charge in [-0.05, 0) is 37.1 Å². The Bertz CT molecular complexity index is 1480. The van der Waals surface area contributed by atoms with E-state index in [4.69, 9.17) is 25.8 Å². The molecular weight excluding hydrogens is 635 g/mol. The van der Waals surface area contributed by atoms with Crippen LogP contribution in [0.1, 0.15) is 63.1 Å². The number of ether oxygens (including phenoxy) is 3. The lowest BCUT2D eigenvalue weighted by molar-refractivity contribution is 0.0243. The molecule has 0 aromatic heterocycles. The van der Waals surface area contributed by atoms with Gasteiger partial charge in [-0.2, -0.15) is 0 Å². The van der Waals surface area contributed by atoms with E-state index in [-0.39, 0.29) is 30.9 Å². The van der Waals surface area contributed by atoms with Crippen LogP contribution in [0.25, 0.3) is 0 Å². The summed E-state index contributed by atoms with van der Waals surface area (Å²) in [6.45, 7) is 1.13. The van der Waals surface area contributed by atoms with Crippen LogP contribution in [-0.2, 0) is 19.8 Å². The second-order valence-corrected chi connectivity index (χ2v) is 12.0. The van der Waals surface area contributed by atoms with Crippen molar-refractivity contribution in [1.29, 1.82) is 0 Å². The van der Waals surface area contributed by atoms with Gasteiger partial charge in [0, 0.05) is 69.7 Å². The van der Waals surface area contributed by atoms with Gasteiger partial charge in [0.15, 0.2) is 17.2 Å². The number of amides is 1. The Morgan fingerprint density at radius 3 is 1.83 bits per heavy atom. The van der Waals surface area contributed by atoms with Crippen LogP contribution in [0.4, 0.5) is 24.5 Å². The molecule has 0 saturated heterocycles. The van der Waals surface area contributed by atoms with Crippen molar-refractivity contribution in [3.05, 3.63) is 93.8 Å². The Morgan fingerprint density at radius 1 is 0.766 bits per heavy atom. The van der Waals surface area contributed by atoms with Gasteiger partial charge in [-0.3, -0.25) is 4.79 Å². The van der Waals surface area contributed by atoms with Gasteiger partial charge in [-0.1, -0.05) is 37.1 Å². The summed E-state index contributed by atoms with van der Waals surface area (Å²) in [6.07, 6.45) is 3.98. The highest BCUT2D eigenvalue weighted by Crippen LogP contribution is 2.50. The van der Waals surface area contributed by atoms with Gasteiger partial charge in [0.2, 0.25) is 0 Å². The summed E-state index contributed by atoms with van der Waals surface area (Å²) in [4.78, 5) is 30.1. The zero-order valence-electron chi connectivity index (χ0n) is 27.1. The number of alkyl halides is 1. The summed E-state index contributed by atoms with van der Waals surface area (Å²) in [5.41, 5.74) is -2.46. The Hall–Kier alpha value is -3.80. The Labute approximate surface area is 278 Å². The van der Waals surface area contributed by atoms with Gasteiger partial charge in [-0.25, -0.2) is 18.0 Å². The molecule has 12 heteroatoms. The topological polar surface area (TPSA) is 80.3 Å². The van der Waals surface area contributed by atoms with Crippen LogP contribution in [0.5, 0.6) is 0 Å². The third kappa shape index (κ3) is 7.85. The van der Waals surface area contributed by atoms with E-state index in [2.05, 4.69) is 5.32 Å². The fraction of sp³-hybridized carbons (Fsp3) is 0.429. The molecule has 0 bridgehead atoms. The number of benzene rings is 3. The van der Waals surface area contributed by atoms with Gasteiger partial charge >= 0.3 is 5.97 Å². The maximum Gasteiger partial charge on any atom is 0.343 e. The molecule has 1 amide bonds. The van der Waals surface area contributed by atoms with E-state index in [1.807, 2.05) is 38.0 Å². The summed E-state index contributed by atoms with van der Waals surface area (Å²) in [7, 11) is 7.35. The summed E-state index contributed by atoms with van der Waals surface area (Å²) in [5.74, 6) is -6.63. The highest BCUT2D eigenvalue weighted by Gasteiger charge is 2.54. The first-order valence-electron chi connectivity index (χ1n) is 15.5. The number of nitrogens with zero attached hydrogens (tertiary/aromatic N) is 2. The lowest BCUT2D eigenvalue weighted by Crippen LogP contribution is -2.33. The summed E-state index contributed by atoms with van der Waals surface area (Å²) < 4.78 is 64.4. The molecule has 8 nitrogen and oxygen atoms in total. The summed E-state index contributed by atoms with van der Waals surface area (Å²) in [5, 5.41) is 2.39. The van der Waals surface area contributed by atoms with Gasteiger partial charge < -0.3 is 29.3 Å². The minimum Gasteiger partial charge on any atom is -0.440 e. The maximum atomic E-state index is 16.6. The molecule has 4 rings (SSSR count). The van der Waals surface area contributed by atoms with E-state index in [9.17, 15) is 9.59 Å². The van der Waals surface area contributed by atoms with E-state index in [1.165, 1.54) is 0 Å². The van der Waals surface area contributed by atoms with E-state index in [0.29, 0.717) is 19.1 Å². The lowest BCUT2D eigenvalue weighted by Gasteiger charge is -2.31. The molecule has 3 aromatic carbocycles. The standard InChI is InChI=1S/C35H41ClF3N3O5/c1-41(2)25-13-9-23(10-14-25)35(24-11-15-26(16-12-24)42(3)4)29-27(34(44)47-35)31(38)32(39)28(30(29)37)33(43)40-18-20-46-22-21-45-19-8-6-5-7-17-36/h9-16H,5-8,17-22H2,1-4H3,(H,40,43). The number of anilines is 2. The molecule has 0 radical (unpaired) electrons. The van der Waals surface area contributed by atoms with Gasteiger partial charge in [0.1, 0.15) is 16.9 Å². The first-order chi connectivity index (χ1) is 22.5. The first kappa shape index (κ1) is 36.0. The summed E-state index contributed by atoms with van der Waals surface area (Å²) >= 11 is 5.66. The molecule has 47 heavy (non-hydrogen) atoms. The zero-order valence-corrected chi connectivity index (χ0v) is 27.9. The van der Waals surface area contributed by atoms with E-state index >= 15 is 13.2 Å². The number of halogens is 4. The fourth-order valence-corrected chi connectivity index (χ4v) is 5.67. The molecule has 0 spiro atoms. The third-order valence-electron chi connectivity index (χ3n) is 8.01. The van der Waals surface area contributed by atoms with Crippen LogP contribution in [0.3, 0.4) is 0 Å². The second kappa shape index (κ2) is 16.3. The molecule has 1 heterocycles. The predicted octanol–water partition coefficient (Wildman–Crippen LogP) is 6.26. The minimum atomic E-state index is -2.01. The highest BCUT2D eigenvalue weighted by atomic mass is 35.5. The second-order valence-electron chi connectivity index (χ2n) is 11.6. The van der Waals surface area contributed by atoms with E-state index in [0.717, 1.165) is 37.1 Å². The molecule has 1 aliphatic rings. The Kier molecular flexibility index (Phi) is 12.5. The smallest absolute Gasteiger partial charge is 0.343 e. The SMILES string of the molecule is CN(C)c1ccc(C2(c3ccc(N(C)C)cc3)OC(=O)c3c(F)c(F)c(C(=O)NCCOCCOCCCCCCCl)c(F)c32)cc1. The third-order valence-corrected chi connectivity index (χ3v) is 8.27. The number of hydrogen-bond acceptors (Lipinski definition) is 7. The fourth-order valence-electron chi connectivity index (χ4n) is 5.48. The number of unbranched alkanes of at least 4 members (excludes halogenated alkanes) is 3. The number of esters is 1. The molecule has 254 valence electrons. The van der Waals surface area contributed by atoms with Crippen molar-refractivity contribution in [3.8, 4) is 0 Å². The van der Waals surface area contributed by atoms with Gasteiger partial charge in [0.25, 0.3) is 5.91 Å². The van der Waals surface area contributed by atoms with Gasteiger partial charge in [0.05, 0.1) is 25.4 Å². The molecule has 3 aromatic rings. The van der Waals surface area contributed by atoms with Crippen LogP contribution < -0.4 is 15.1 Å². The average Bonchev–Trinajstić information content (AvgIpc) is 3.38. The van der Waals surface area contributed by atoms with Gasteiger partial charge in [-0.15, -0.1) is 11.6 Å². The normalized spacial score (nSPS) is 13.3. The monoisotopic (exact) mass is 675 g/mol. The number of carbonyl (C=O) groups is 2. The molecular formula is C35H41ClF3N3O5. The molecule has 0 aliphatic carbocycles. The van der Waals surface area contributed by atoms with Crippen molar-refractivity contribution in [2.24, 2.45) is 0 Å². The van der Waals surface area contributed by atoms with Crippen molar-refractivity contribution in [2.75, 3.05) is 76.8 Å². The van der Waals surface area contributed by atoms with Crippen LogP contribution in [0.15, 0.2) is 48.5 Å². The highest BCUT2D eigenvalue weighted by molar-refractivity contribution is 6.17. The average molecular weight is 676 g/mol. The Morgan fingerprint density at radius 2 is 1.30 bits per heavy atom. The number of cyclic esters (lactones) is 1. The lowest BCUT2D eigenvalue weighted by atomic mass is 9.78. The van der Waals surface area contributed by atoms with Crippen molar-refractivity contribution >= 4 is 34.9 Å². The van der Waals surface area contributed by atoms with Crippen LogP contribution in [0.2, 0.25) is 0 Å². The maximum absolute atomic E-state index is 16.6. The zero-order chi connectivity index (χ0) is 34.1. The molecule has 0 unspecified atom stereocenters. The van der Waals surface area contributed by atoms with Crippen LogP contribution >= 0.6 is 11.6 Å². The first-order valence-corrected chi connectivity index (χ1v) is 16.1. The molecule has 1 aliphatic heterocycles. The van der Waals surface area contributed by atoms with E-state index in [1.54, 1.807) is 48.5 Å². The van der Waals surface area contributed by atoms with Crippen molar-refractivity contribution in [2.45, 2.75) is 31.3 Å². The molecule has 0 fully saturated rings. The minimum absolute atomic E-state index is 0.0312. The van der Waals surface area contributed by atoms with E-state index < -0.39 is 51.6 Å². The quantitative estimate of drug-likeness (QED) is 0.0783. The predicted molar refractivity (Wildman–Crippen MR) is 176 cm³/mol. The number of hydrogen-bond donors (Lipinski definition) is 1. The van der Waals surface area contributed by atoms with Crippen molar-refractivity contribution in [3.63, 3.8) is 0 Å². The Balaban J connectivity index is 1.60. The molecule has 1 N–H and O–H groups in total. The van der Waals surface area contributed by atoms with Crippen LogP contribution in [-0.4, -0.2) is 78.9 Å².